The van der Waals surface area contributed by atoms with Crippen molar-refractivity contribution in [3.63, 3.8) is 0 Å². The molecule has 0 aromatic heterocycles. The van der Waals surface area contributed by atoms with E-state index in [2.05, 4.69) is 36.4 Å². The monoisotopic (exact) mass is 986 g/mol. The van der Waals surface area contributed by atoms with Crippen LogP contribution in [0.4, 0.5) is 0 Å². The highest BCUT2D eigenvalue weighted by molar-refractivity contribution is 6.39. The van der Waals surface area contributed by atoms with E-state index in [4.69, 9.17) is 92.8 Å². The minimum Gasteiger partial charge on any atom is -0.505 e. The van der Waals surface area contributed by atoms with E-state index in [9.17, 15) is 20.4 Å². The second kappa shape index (κ2) is 16.7. The number of phenols is 4. The summed E-state index contributed by atoms with van der Waals surface area (Å²) in [6.07, 6.45) is 0.757. The number of fused-ring (bicyclic) bond motifs is 5. The number of rotatable bonds is 4. The van der Waals surface area contributed by atoms with E-state index in [0.717, 1.165) is 73.2 Å². The predicted octanol–water partition coefficient (Wildman–Crippen LogP) is 16.1. The molecule has 0 amide bonds. The number of hydrogen-bond donors (Lipinski definition) is 4. The van der Waals surface area contributed by atoms with E-state index in [-0.39, 0.29) is 63.2 Å². The third kappa shape index (κ3) is 6.90. The van der Waals surface area contributed by atoms with Gasteiger partial charge in [-0.25, -0.2) is 0 Å². The molecule has 0 atom stereocenters. The standard InChI is InChI=1S/C26H16Cl4O2.C25H14Cl4O2/c27-20-10-16(11-21(28)24(20)31)26(17-12-22(29)25(32)23(30)13-17)18-7-3-1-5-14(18)9-15-6-2-4-8-19(15)26;26-19-9-13(10-20(27)23(19)30)25(14-11-21(28)24(31)22(29)12-14)17-7-3-1-5-15(17)16-6-2-4-8-18(16)25/h1-8,10-13,31-32H,9H2;1-12,30-31H. The molecule has 0 spiro atoms. The summed E-state index contributed by atoms with van der Waals surface area (Å²) < 4.78 is 0. The van der Waals surface area contributed by atoms with Crippen LogP contribution in [0, 0.1) is 0 Å². The van der Waals surface area contributed by atoms with Gasteiger partial charge >= 0.3 is 0 Å². The molecule has 2 aliphatic carbocycles. The van der Waals surface area contributed by atoms with Crippen molar-refractivity contribution in [3.05, 3.63) is 241 Å². The van der Waals surface area contributed by atoms with Crippen LogP contribution in [0.3, 0.4) is 0 Å². The number of phenolic OH excluding ortho intramolecular Hbond substituents is 4. The second-order valence-corrected chi connectivity index (χ2v) is 18.5. The largest absolute Gasteiger partial charge is 0.505 e. The van der Waals surface area contributed by atoms with Crippen LogP contribution in [0.15, 0.2) is 146 Å². The zero-order valence-electron chi connectivity index (χ0n) is 32.4. The van der Waals surface area contributed by atoms with Gasteiger partial charge in [-0.15, -0.1) is 0 Å². The SMILES string of the molecule is Oc1c(Cl)cc(C2(c3cc(Cl)c(O)c(Cl)c3)c3ccccc3-c3ccccc32)cc1Cl.Oc1c(Cl)cc(C2(c3cc(Cl)c(O)c(Cl)c3)c3ccccc3Cc3ccccc32)cc1Cl. The highest BCUT2D eigenvalue weighted by Gasteiger charge is 2.48. The van der Waals surface area contributed by atoms with Gasteiger partial charge < -0.3 is 20.4 Å². The normalized spacial score (nSPS) is 13.8. The summed E-state index contributed by atoms with van der Waals surface area (Å²) in [5.74, 6) is -0.704. The molecule has 0 saturated carbocycles. The van der Waals surface area contributed by atoms with Crippen LogP contribution < -0.4 is 0 Å². The quantitative estimate of drug-likeness (QED) is 0.142. The summed E-state index contributed by atoms with van der Waals surface area (Å²) in [5.41, 5.74) is 9.65. The highest BCUT2D eigenvalue weighted by Crippen LogP contribution is 2.59. The van der Waals surface area contributed by atoms with Gasteiger partial charge in [0.2, 0.25) is 0 Å². The molecule has 63 heavy (non-hydrogen) atoms. The summed E-state index contributed by atoms with van der Waals surface area (Å²) in [6, 6.07) is 46.1. The molecule has 0 fully saturated rings. The molecule has 12 heteroatoms. The van der Waals surface area contributed by atoms with E-state index in [1.165, 1.54) is 0 Å². The smallest absolute Gasteiger partial charge is 0.152 e. The number of benzene rings is 8. The molecule has 0 unspecified atom stereocenters. The average molecular weight is 990 g/mol. The first-order valence-corrected chi connectivity index (χ1v) is 22.3. The Morgan fingerprint density at radius 1 is 0.302 bits per heavy atom. The Morgan fingerprint density at radius 2 is 0.524 bits per heavy atom. The number of halogens is 8. The molecule has 0 heterocycles. The van der Waals surface area contributed by atoms with Gasteiger partial charge in [-0.05, 0) is 122 Å². The molecule has 0 aliphatic heterocycles. The fourth-order valence-electron chi connectivity index (χ4n) is 9.37. The molecule has 2 aliphatic rings. The molecule has 0 radical (unpaired) electrons. The Labute approximate surface area is 403 Å². The summed E-state index contributed by atoms with van der Waals surface area (Å²) in [6.45, 7) is 0. The molecular formula is C51H30Cl8O4. The lowest BCUT2D eigenvalue weighted by molar-refractivity contribution is 0.474. The Balaban J connectivity index is 0.000000160. The average Bonchev–Trinajstić information content (AvgIpc) is 3.58. The molecule has 314 valence electrons. The highest BCUT2D eigenvalue weighted by atomic mass is 35.5. The third-order valence-electron chi connectivity index (χ3n) is 12.0. The number of aromatic hydroxyl groups is 4. The van der Waals surface area contributed by atoms with E-state index in [0.29, 0.717) is 0 Å². The molecule has 0 saturated heterocycles. The maximum Gasteiger partial charge on any atom is 0.152 e. The lowest BCUT2D eigenvalue weighted by Crippen LogP contribution is -2.36. The molecule has 0 bridgehead atoms. The molecule has 10 rings (SSSR count). The van der Waals surface area contributed by atoms with Crippen molar-refractivity contribution in [3.8, 4) is 34.1 Å². The maximum atomic E-state index is 10.3. The van der Waals surface area contributed by atoms with Crippen molar-refractivity contribution in [2.75, 3.05) is 0 Å². The van der Waals surface area contributed by atoms with Crippen molar-refractivity contribution in [2.24, 2.45) is 0 Å². The molecule has 8 aromatic carbocycles. The second-order valence-electron chi connectivity index (χ2n) is 15.2. The van der Waals surface area contributed by atoms with E-state index in [1.807, 2.05) is 60.7 Å². The topological polar surface area (TPSA) is 80.9 Å². The predicted molar refractivity (Wildman–Crippen MR) is 258 cm³/mol. The van der Waals surface area contributed by atoms with E-state index >= 15 is 0 Å². The summed E-state index contributed by atoms with van der Waals surface area (Å²) in [7, 11) is 0. The van der Waals surface area contributed by atoms with Gasteiger partial charge in [0.05, 0.1) is 51.0 Å². The van der Waals surface area contributed by atoms with Crippen LogP contribution in [0.25, 0.3) is 11.1 Å². The Bertz CT molecular complexity index is 2860. The van der Waals surface area contributed by atoms with Gasteiger partial charge in [0.15, 0.2) is 23.0 Å². The van der Waals surface area contributed by atoms with Crippen molar-refractivity contribution in [1.82, 2.24) is 0 Å². The van der Waals surface area contributed by atoms with Crippen LogP contribution in [0.2, 0.25) is 40.2 Å². The van der Waals surface area contributed by atoms with Gasteiger partial charge in [-0.2, -0.15) is 0 Å². The van der Waals surface area contributed by atoms with Gasteiger partial charge in [-0.3, -0.25) is 0 Å². The molecule has 4 nitrogen and oxygen atoms in total. The maximum absolute atomic E-state index is 10.3. The van der Waals surface area contributed by atoms with Crippen LogP contribution in [0.5, 0.6) is 23.0 Å². The Morgan fingerprint density at radius 3 is 0.810 bits per heavy atom. The number of hydrogen-bond acceptors (Lipinski definition) is 4. The summed E-state index contributed by atoms with van der Waals surface area (Å²) in [5, 5.41) is 42.0. The van der Waals surface area contributed by atoms with Crippen molar-refractivity contribution in [2.45, 2.75) is 17.3 Å². The van der Waals surface area contributed by atoms with Crippen molar-refractivity contribution >= 4 is 92.8 Å². The van der Waals surface area contributed by atoms with Crippen LogP contribution >= 0.6 is 92.8 Å². The van der Waals surface area contributed by atoms with Gasteiger partial charge in [0, 0.05) is 0 Å². The Kier molecular flexibility index (Phi) is 11.5. The lowest BCUT2D eigenvalue weighted by Gasteiger charge is -2.42. The van der Waals surface area contributed by atoms with Gasteiger partial charge in [-0.1, -0.05) is 190 Å². The molecule has 4 N–H and O–H groups in total. The summed E-state index contributed by atoms with van der Waals surface area (Å²) >= 11 is 51.1. The van der Waals surface area contributed by atoms with Crippen LogP contribution in [-0.2, 0) is 17.3 Å². The molecular weight excluding hydrogens is 960 g/mol. The minimum atomic E-state index is -0.882. The van der Waals surface area contributed by atoms with E-state index < -0.39 is 10.8 Å². The van der Waals surface area contributed by atoms with Gasteiger partial charge in [0.25, 0.3) is 0 Å². The van der Waals surface area contributed by atoms with Crippen molar-refractivity contribution in [1.29, 1.82) is 0 Å². The fraction of sp³-hybridized carbons (Fsp3) is 0.0588. The molecule has 8 aromatic rings. The van der Waals surface area contributed by atoms with Gasteiger partial charge in [0.1, 0.15) is 0 Å². The minimum absolute atomic E-state index is 0.139. The summed E-state index contributed by atoms with van der Waals surface area (Å²) in [4.78, 5) is 0. The van der Waals surface area contributed by atoms with Crippen LogP contribution in [0.1, 0.15) is 55.6 Å². The zero-order chi connectivity index (χ0) is 44.5. The lowest BCUT2D eigenvalue weighted by atomic mass is 9.59. The fourth-order valence-corrected chi connectivity index (χ4v) is 11.3. The zero-order valence-corrected chi connectivity index (χ0v) is 38.4. The van der Waals surface area contributed by atoms with Crippen LogP contribution in [-0.4, -0.2) is 20.4 Å². The Hall–Kier alpha value is -4.72. The first-order valence-electron chi connectivity index (χ1n) is 19.3. The van der Waals surface area contributed by atoms with E-state index in [1.54, 1.807) is 48.5 Å². The van der Waals surface area contributed by atoms with Crippen molar-refractivity contribution < 1.29 is 20.4 Å². The first-order chi connectivity index (χ1) is 30.2. The third-order valence-corrected chi connectivity index (χ3v) is 14.3. The first kappa shape index (κ1) is 43.5.